The summed E-state index contributed by atoms with van der Waals surface area (Å²) in [4.78, 5) is 0. The number of rotatable bonds is 1. The van der Waals surface area contributed by atoms with Crippen LogP contribution in [0.3, 0.4) is 0 Å². The van der Waals surface area contributed by atoms with Gasteiger partial charge >= 0.3 is 0 Å². The Morgan fingerprint density at radius 3 is 2.73 bits per heavy atom. The first-order valence-corrected chi connectivity index (χ1v) is 6.08. The second-order valence-electron chi connectivity index (χ2n) is 5.11. The van der Waals surface area contributed by atoms with E-state index >= 15 is 0 Å². The molecular weight excluding hydrogens is 180 g/mol. The van der Waals surface area contributed by atoms with E-state index in [-0.39, 0.29) is 0 Å². The molecule has 0 radical (unpaired) electrons. The van der Waals surface area contributed by atoms with Crippen LogP contribution in [0.2, 0.25) is 0 Å². The molecule has 0 saturated heterocycles. The standard InChI is InChI=1S/C15H18/c1-11-10-13-8-4-5-9-14(13)15(11)12-6-2-3-7-12/h2-7,9,11-13,15H,8,10H2,1H3. The first-order valence-electron chi connectivity index (χ1n) is 6.08. The first-order chi connectivity index (χ1) is 7.36. The molecule has 3 rings (SSSR count). The van der Waals surface area contributed by atoms with Gasteiger partial charge in [-0.05, 0) is 30.6 Å². The van der Waals surface area contributed by atoms with Crippen molar-refractivity contribution in [3.63, 3.8) is 0 Å². The quantitative estimate of drug-likeness (QED) is 0.599. The molecule has 0 heteroatoms. The molecule has 0 N–H and O–H groups in total. The Hall–Kier alpha value is -1.04. The lowest BCUT2D eigenvalue weighted by Crippen LogP contribution is -2.15. The van der Waals surface area contributed by atoms with Gasteiger partial charge in [0.1, 0.15) is 0 Å². The Bertz CT molecular complexity index is 355. The zero-order valence-corrected chi connectivity index (χ0v) is 9.27. The van der Waals surface area contributed by atoms with Gasteiger partial charge in [-0.1, -0.05) is 55.0 Å². The summed E-state index contributed by atoms with van der Waals surface area (Å²) in [7, 11) is 0. The van der Waals surface area contributed by atoms with Crippen molar-refractivity contribution in [3.8, 4) is 0 Å². The van der Waals surface area contributed by atoms with Gasteiger partial charge < -0.3 is 0 Å². The highest BCUT2D eigenvalue weighted by atomic mass is 14.4. The molecule has 3 atom stereocenters. The summed E-state index contributed by atoms with van der Waals surface area (Å²) in [5.41, 5.74) is 1.71. The highest BCUT2D eigenvalue weighted by Gasteiger charge is 2.39. The van der Waals surface area contributed by atoms with E-state index in [0.717, 1.165) is 17.8 Å². The van der Waals surface area contributed by atoms with Crippen LogP contribution in [0.4, 0.5) is 0 Å². The minimum atomic E-state index is 0.669. The van der Waals surface area contributed by atoms with Crippen LogP contribution in [0.1, 0.15) is 19.8 Å². The highest BCUT2D eigenvalue weighted by molar-refractivity contribution is 5.32. The molecule has 0 spiro atoms. The molecule has 0 heterocycles. The Morgan fingerprint density at radius 1 is 1.13 bits per heavy atom. The third kappa shape index (κ3) is 1.43. The minimum absolute atomic E-state index is 0.669. The fourth-order valence-corrected chi connectivity index (χ4v) is 3.52. The molecule has 15 heavy (non-hydrogen) atoms. The average Bonchev–Trinajstić information content (AvgIpc) is 2.82. The smallest absolute Gasteiger partial charge is 0.00211 e. The van der Waals surface area contributed by atoms with E-state index in [2.05, 4.69) is 49.5 Å². The summed E-state index contributed by atoms with van der Waals surface area (Å²) in [6.07, 6.45) is 18.7. The van der Waals surface area contributed by atoms with Gasteiger partial charge in [-0.3, -0.25) is 0 Å². The largest absolute Gasteiger partial charge is 0.0839 e. The second kappa shape index (κ2) is 3.52. The van der Waals surface area contributed by atoms with Gasteiger partial charge in [0.15, 0.2) is 0 Å². The van der Waals surface area contributed by atoms with E-state index in [1.165, 1.54) is 12.8 Å². The number of hydrogen-bond acceptors (Lipinski definition) is 0. The lowest BCUT2D eigenvalue weighted by atomic mass is 9.81. The van der Waals surface area contributed by atoms with Gasteiger partial charge in [0.05, 0.1) is 0 Å². The van der Waals surface area contributed by atoms with Crippen molar-refractivity contribution in [2.24, 2.45) is 23.7 Å². The lowest BCUT2D eigenvalue weighted by Gasteiger charge is -2.23. The molecule has 78 valence electrons. The van der Waals surface area contributed by atoms with Crippen LogP contribution < -0.4 is 0 Å². The molecule has 0 aromatic carbocycles. The van der Waals surface area contributed by atoms with E-state index in [9.17, 15) is 0 Å². The maximum absolute atomic E-state index is 2.42. The van der Waals surface area contributed by atoms with Crippen molar-refractivity contribution in [2.75, 3.05) is 0 Å². The minimum Gasteiger partial charge on any atom is -0.0839 e. The van der Waals surface area contributed by atoms with E-state index in [1.54, 1.807) is 5.57 Å². The molecule has 0 bridgehead atoms. The van der Waals surface area contributed by atoms with Crippen LogP contribution >= 0.6 is 0 Å². The maximum atomic E-state index is 2.42. The zero-order valence-electron chi connectivity index (χ0n) is 9.27. The zero-order chi connectivity index (χ0) is 10.3. The first kappa shape index (κ1) is 9.21. The van der Waals surface area contributed by atoms with Crippen molar-refractivity contribution >= 4 is 0 Å². The molecule has 0 amide bonds. The second-order valence-corrected chi connectivity index (χ2v) is 5.11. The van der Waals surface area contributed by atoms with Crippen LogP contribution in [0.15, 0.2) is 48.1 Å². The van der Waals surface area contributed by atoms with Crippen LogP contribution in [-0.4, -0.2) is 0 Å². The molecule has 3 unspecified atom stereocenters. The molecule has 0 aromatic heterocycles. The third-order valence-electron chi connectivity index (χ3n) is 4.16. The van der Waals surface area contributed by atoms with Gasteiger partial charge in [-0.2, -0.15) is 0 Å². The van der Waals surface area contributed by atoms with E-state index in [1.807, 2.05) is 0 Å². The predicted octanol–water partition coefficient (Wildman–Crippen LogP) is 3.89. The summed E-state index contributed by atoms with van der Waals surface area (Å²) in [6.45, 7) is 2.42. The average molecular weight is 198 g/mol. The lowest BCUT2D eigenvalue weighted by molar-refractivity contribution is 0.405. The Kier molecular flexibility index (Phi) is 2.16. The third-order valence-corrected chi connectivity index (χ3v) is 4.16. The topological polar surface area (TPSA) is 0 Å². The van der Waals surface area contributed by atoms with Crippen LogP contribution in [-0.2, 0) is 0 Å². The summed E-state index contributed by atoms with van der Waals surface area (Å²) in [5, 5.41) is 0. The predicted molar refractivity (Wildman–Crippen MR) is 64.4 cm³/mol. The van der Waals surface area contributed by atoms with Crippen LogP contribution in [0.5, 0.6) is 0 Å². The monoisotopic (exact) mass is 198 g/mol. The van der Waals surface area contributed by atoms with Crippen LogP contribution in [0.25, 0.3) is 0 Å². The van der Waals surface area contributed by atoms with Gasteiger partial charge in [0.2, 0.25) is 0 Å². The van der Waals surface area contributed by atoms with Crippen molar-refractivity contribution in [3.05, 3.63) is 48.1 Å². The Balaban J connectivity index is 1.92. The molecule has 0 aromatic rings. The van der Waals surface area contributed by atoms with E-state index in [0.29, 0.717) is 5.92 Å². The molecular formula is C15H18. The number of fused-ring (bicyclic) bond motifs is 1. The Morgan fingerprint density at radius 2 is 1.93 bits per heavy atom. The molecule has 0 aliphatic heterocycles. The molecule has 3 aliphatic rings. The summed E-state index contributed by atoms with van der Waals surface area (Å²) in [5.74, 6) is 3.13. The Labute approximate surface area is 92.1 Å². The SMILES string of the molecule is CC1CC2CC=CC=C2C1C1C=CC=C1. The van der Waals surface area contributed by atoms with Gasteiger partial charge in [-0.15, -0.1) is 0 Å². The molecule has 3 aliphatic carbocycles. The maximum Gasteiger partial charge on any atom is 0.00211 e. The van der Waals surface area contributed by atoms with Crippen molar-refractivity contribution < 1.29 is 0 Å². The fourth-order valence-electron chi connectivity index (χ4n) is 3.52. The van der Waals surface area contributed by atoms with Gasteiger partial charge in [0, 0.05) is 5.92 Å². The highest BCUT2D eigenvalue weighted by Crippen LogP contribution is 2.48. The summed E-state index contributed by atoms with van der Waals surface area (Å²) < 4.78 is 0. The summed E-state index contributed by atoms with van der Waals surface area (Å²) in [6, 6.07) is 0. The number of allylic oxidation sites excluding steroid dienone is 8. The molecule has 0 nitrogen and oxygen atoms in total. The normalized spacial score (nSPS) is 38.5. The molecule has 1 fully saturated rings. The van der Waals surface area contributed by atoms with Crippen molar-refractivity contribution in [2.45, 2.75) is 19.8 Å². The van der Waals surface area contributed by atoms with Crippen molar-refractivity contribution in [1.82, 2.24) is 0 Å². The van der Waals surface area contributed by atoms with Gasteiger partial charge in [0.25, 0.3) is 0 Å². The van der Waals surface area contributed by atoms with E-state index in [4.69, 9.17) is 0 Å². The van der Waals surface area contributed by atoms with Crippen LogP contribution in [0, 0.1) is 23.7 Å². The van der Waals surface area contributed by atoms with Crippen molar-refractivity contribution in [1.29, 1.82) is 0 Å². The van der Waals surface area contributed by atoms with Gasteiger partial charge in [-0.25, -0.2) is 0 Å². The summed E-state index contributed by atoms with van der Waals surface area (Å²) >= 11 is 0. The fraction of sp³-hybridized carbons (Fsp3) is 0.467. The molecule has 1 saturated carbocycles. The van der Waals surface area contributed by atoms with E-state index < -0.39 is 0 Å². The number of hydrogen-bond donors (Lipinski definition) is 0.